The summed E-state index contributed by atoms with van der Waals surface area (Å²) in [7, 11) is 0. The van der Waals surface area contributed by atoms with Crippen LogP contribution < -0.4 is 0 Å². The number of carbonyl (C=O) groups excluding carboxylic acids is 1. The van der Waals surface area contributed by atoms with Crippen molar-refractivity contribution in [2.75, 3.05) is 6.54 Å². The zero-order valence-electron chi connectivity index (χ0n) is 12.8. The lowest BCUT2D eigenvalue weighted by Gasteiger charge is -2.36. The number of aromatic nitrogens is 2. The van der Waals surface area contributed by atoms with Crippen LogP contribution in [0.15, 0.2) is 42.6 Å². The zero-order chi connectivity index (χ0) is 16.2. The molecule has 0 bridgehead atoms. The molecule has 0 radical (unpaired) electrons. The van der Waals surface area contributed by atoms with Crippen LogP contribution >= 0.6 is 0 Å². The van der Waals surface area contributed by atoms with Gasteiger partial charge < -0.3 is 10.0 Å². The summed E-state index contributed by atoms with van der Waals surface area (Å²) in [6.07, 6.45) is 4.58. The van der Waals surface area contributed by atoms with Crippen molar-refractivity contribution in [1.29, 1.82) is 0 Å². The number of hydrogen-bond acceptors (Lipinski definition) is 3. The first-order valence-electron chi connectivity index (χ1n) is 7.76. The van der Waals surface area contributed by atoms with Crippen molar-refractivity contribution in [2.24, 2.45) is 0 Å². The standard InChI is InChI=1S/C17H19N3O3/c21-16(12-19-11-9-14(18-19)17(22)23)20-10-5-4-8-15(20)13-6-2-1-3-7-13/h1-3,6-7,9,11,15H,4-5,8,10,12H2,(H,22,23). The lowest BCUT2D eigenvalue weighted by atomic mass is 9.95. The second-order valence-corrected chi connectivity index (χ2v) is 5.71. The summed E-state index contributed by atoms with van der Waals surface area (Å²) in [5.74, 6) is -1.12. The van der Waals surface area contributed by atoms with Gasteiger partial charge in [0.1, 0.15) is 6.54 Å². The molecule has 1 amide bonds. The van der Waals surface area contributed by atoms with Gasteiger partial charge in [-0.05, 0) is 30.9 Å². The number of aromatic carboxylic acids is 1. The lowest BCUT2D eigenvalue weighted by Crippen LogP contribution is -2.40. The van der Waals surface area contributed by atoms with Gasteiger partial charge in [-0.3, -0.25) is 9.48 Å². The van der Waals surface area contributed by atoms with E-state index in [1.165, 1.54) is 16.9 Å². The third-order valence-corrected chi connectivity index (χ3v) is 4.16. The molecule has 1 aliphatic rings. The fraction of sp³-hybridized carbons (Fsp3) is 0.353. The predicted octanol–water partition coefficient (Wildman–Crippen LogP) is 2.34. The molecule has 0 spiro atoms. The van der Waals surface area contributed by atoms with Crippen LogP contribution in [0.1, 0.15) is 41.4 Å². The number of piperidine rings is 1. The van der Waals surface area contributed by atoms with Crippen LogP contribution in [-0.2, 0) is 11.3 Å². The van der Waals surface area contributed by atoms with E-state index < -0.39 is 5.97 Å². The minimum Gasteiger partial charge on any atom is -0.476 e. The molecule has 0 saturated carbocycles. The van der Waals surface area contributed by atoms with E-state index in [0.717, 1.165) is 31.4 Å². The summed E-state index contributed by atoms with van der Waals surface area (Å²) < 4.78 is 1.39. The van der Waals surface area contributed by atoms with Crippen molar-refractivity contribution in [3.05, 3.63) is 53.9 Å². The molecule has 0 aliphatic carbocycles. The Morgan fingerprint density at radius 3 is 2.65 bits per heavy atom. The number of likely N-dealkylation sites (tertiary alicyclic amines) is 1. The number of nitrogens with zero attached hydrogens (tertiary/aromatic N) is 3. The topological polar surface area (TPSA) is 75.4 Å². The molecule has 1 aromatic carbocycles. The molecular weight excluding hydrogens is 294 g/mol. The average Bonchev–Trinajstić information content (AvgIpc) is 3.04. The Balaban J connectivity index is 1.74. The number of hydrogen-bond donors (Lipinski definition) is 1. The lowest BCUT2D eigenvalue weighted by molar-refractivity contribution is -0.136. The largest absolute Gasteiger partial charge is 0.476 e. The highest BCUT2D eigenvalue weighted by molar-refractivity contribution is 5.85. The fourth-order valence-electron chi connectivity index (χ4n) is 3.05. The van der Waals surface area contributed by atoms with Gasteiger partial charge in [0.25, 0.3) is 0 Å². The van der Waals surface area contributed by atoms with Gasteiger partial charge in [0.15, 0.2) is 5.69 Å². The van der Waals surface area contributed by atoms with Gasteiger partial charge in [-0.2, -0.15) is 5.10 Å². The third-order valence-electron chi connectivity index (χ3n) is 4.16. The second kappa shape index (κ2) is 6.64. The van der Waals surface area contributed by atoms with Crippen molar-refractivity contribution < 1.29 is 14.7 Å². The van der Waals surface area contributed by atoms with Gasteiger partial charge in [0.05, 0.1) is 6.04 Å². The number of benzene rings is 1. The molecule has 1 aliphatic heterocycles. The Morgan fingerprint density at radius 1 is 1.17 bits per heavy atom. The molecule has 6 nitrogen and oxygen atoms in total. The number of carboxylic acids is 1. The Labute approximate surface area is 134 Å². The van der Waals surface area contributed by atoms with E-state index in [-0.39, 0.29) is 24.2 Å². The van der Waals surface area contributed by atoms with Crippen molar-refractivity contribution in [2.45, 2.75) is 31.8 Å². The molecule has 1 fully saturated rings. The molecule has 1 N–H and O–H groups in total. The Kier molecular flexibility index (Phi) is 4.41. The number of rotatable bonds is 4. The summed E-state index contributed by atoms with van der Waals surface area (Å²) in [6.45, 7) is 0.794. The van der Waals surface area contributed by atoms with E-state index in [1.807, 2.05) is 35.2 Å². The molecule has 2 heterocycles. The van der Waals surface area contributed by atoms with Crippen molar-refractivity contribution in [3.63, 3.8) is 0 Å². The normalized spacial score (nSPS) is 17.9. The number of amides is 1. The van der Waals surface area contributed by atoms with E-state index in [2.05, 4.69) is 5.10 Å². The summed E-state index contributed by atoms with van der Waals surface area (Å²) in [6, 6.07) is 11.5. The molecule has 3 rings (SSSR count). The molecule has 2 aromatic rings. The van der Waals surface area contributed by atoms with E-state index in [0.29, 0.717) is 0 Å². The van der Waals surface area contributed by atoms with Crippen LogP contribution in [0.5, 0.6) is 0 Å². The third kappa shape index (κ3) is 3.41. The maximum Gasteiger partial charge on any atom is 0.356 e. The highest BCUT2D eigenvalue weighted by atomic mass is 16.4. The monoisotopic (exact) mass is 313 g/mol. The van der Waals surface area contributed by atoms with E-state index >= 15 is 0 Å². The first kappa shape index (κ1) is 15.3. The van der Waals surface area contributed by atoms with Crippen LogP contribution in [-0.4, -0.2) is 38.2 Å². The zero-order valence-corrected chi connectivity index (χ0v) is 12.8. The van der Waals surface area contributed by atoms with Crippen LogP contribution in [0.25, 0.3) is 0 Å². The Bertz CT molecular complexity index is 696. The molecule has 1 atom stereocenters. The smallest absolute Gasteiger partial charge is 0.356 e. The minimum atomic E-state index is -1.09. The van der Waals surface area contributed by atoms with Crippen LogP contribution in [0.4, 0.5) is 0 Å². The molecule has 23 heavy (non-hydrogen) atoms. The van der Waals surface area contributed by atoms with Gasteiger partial charge in [0, 0.05) is 12.7 Å². The van der Waals surface area contributed by atoms with Crippen molar-refractivity contribution >= 4 is 11.9 Å². The summed E-state index contributed by atoms with van der Waals surface area (Å²) in [4.78, 5) is 25.4. The van der Waals surface area contributed by atoms with Gasteiger partial charge >= 0.3 is 5.97 Å². The minimum absolute atomic E-state index is 0.0291. The van der Waals surface area contributed by atoms with E-state index in [9.17, 15) is 9.59 Å². The summed E-state index contributed by atoms with van der Waals surface area (Å²) in [5.41, 5.74) is 1.10. The molecule has 6 heteroatoms. The van der Waals surface area contributed by atoms with Crippen LogP contribution in [0.2, 0.25) is 0 Å². The SMILES string of the molecule is O=C(O)c1ccn(CC(=O)N2CCCCC2c2ccccc2)n1. The maximum absolute atomic E-state index is 12.6. The molecule has 1 saturated heterocycles. The van der Waals surface area contributed by atoms with Gasteiger partial charge in [-0.15, -0.1) is 0 Å². The van der Waals surface area contributed by atoms with Crippen LogP contribution in [0.3, 0.4) is 0 Å². The van der Waals surface area contributed by atoms with Gasteiger partial charge in [0.2, 0.25) is 5.91 Å². The fourth-order valence-corrected chi connectivity index (χ4v) is 3.05. The first-order valence-corrected chi connectivity index (χ1v) is 7.76. The second-order valence-electron chi connectivity index (χ2n) is 5.71. The molecule has 120 valence electrons. The molecule has 1 unspecified atom stereocenters. The Hall–Kier alpha value is -2.63. The highest BCUT2D eigenvalue weighted by Gasteiger charge is 2.28. The predicted molar refractivity (Wildman–Crippen MR) is 83.9 cm³/mol. The van der Waals surface area contributed by atoms with Crippen molar-refractivity contribution in [3.8, 4) is 0 Å². The Morgan fingerprint density at radius 2 is 1.96 bits per heavy atom. The molecular formula is C17H19N3O3. The van der Waals surface area contributed by atoms with Gasteiger partial charge in [-0.25, -0.2) is 4.79 Å². The molecule has 1 aromatic heterocycles. The number of carbonyl (C=O) groups is 2. The quantitative estimate of drug-likeness (QED) is 0.940. The maximum atomic E-state index is 12.6. The first-order chi connectivity index (χ1) is 11.1. The summed E-state index contributed by atoms with van der Waals surface area (Å²) in [5, 5.41) is 12.8. The van der Waals surface area contributed by atoms with E-state index in [4.69, 9.17) is 5.11 Å². The van der Waals surface area contributed by atoms with Crippen LogP contribution in [0, 0.1) is 0 Å². The summed E-state index contributed by atoms with van der Waals surface area (Å²) >= 11 is 0. The number of carboxylic acid groups (broad SMARTS) is 1. The van der Waals surface area contributed by atoms with E-state index in [1.54, 1.807) is 0 Å². The highest BCUT2D eigenvalue weighted by Crippen LogP contribution is 2.30. The van der Waals surface area contributed by atoms with Crippen molar-refractivity contribution in [1.82, 2.24) is 14.7 Å². The average molecular weight is 313 g/mol. The van der Waals surface area contributed by atoms with Gasteiger partial charge in [-0.1, -0.05) is 30.3 Å².